The summed E-state index contributed by atoms with van der Waals surface area (Å²) in [6.07, 6.45) is 2.19. The largest absolute Gasteiger partial charge is 0.465 e. The van der Waals surface area contributed by atoms with Crippen molar-refractivity contribution >= 4 is 23.4 Å². The van der Waals surface area contributed by atoms with E-state index >= 15 is 0 Å². The van der Waals surface area contributed by atoms with E-state index in [4.69, 9.17) is 0 Å². The molecule has 3 nitrogen and oxygen atoms in total. The predicted octanol–water partition coefficient (Wildman–Crippen LogP) is 3.45. The van der Waals surface area contributed by atoms with E-state index in [2.05, 4.69) is 17.0 Å². The number of benzene rings is 1. The average Bonchev–Trinajstić information content (AvgIpc) is 2.87. The highest BCUT2D eigenvalue weighted by atomic mass is 32.2. The van der Waals surface area contributed by atoms with Crippen LogP contribution < -0.4 is 5.32 Å². The smallest absolute Gasteiger partial charge is 0.340 e. The number of rotatable bonds is 4. The predicted molar refractivity (Wildman–Crippen MR) is 76.3 cm³/mol. The summed E-state index contributed by atoms with van der Waals surface area (Å²) in [5, 5.41) is 2.93. The Hall–Kier alpha value is -1.30. The highest BCUT2D eigenvalue weighted by Crippen LogP contribution is 2.38. The SMILES string of the molecule is COC(=O)c1ccc(NCC2(C)CCCS2)c(F)c1F. The quantitative estimate of drug-likeness (QED) is 0.865. The molecule has 1 fully saturated rings. The summed E-state index contributed by atoms with van der Waals surface area (Å²) in [5.41, 5.74) is -0.319. The van der Waals surface area contributed by atoms with Gasteiger partial charge < -0.3 is 10.1 Å². The minimum atomic E-state index is -1.17. The molecule has 0 radical (unpaired) electrons. The molecule has 1 aliphatic rings. The number of thioether (sulfide) groups is 1. The number of hydrogen-bond donors (Lipinski definition) is 1. The van der Waals surface area contributed by atoms with Crippen molar-refractivity contribution in [3.05, 3.63) is 29.3 Å². The summed E-state index contributed by atoms with van der Waals surface area (Å²) < 4.78 is 32.1. The van der Waals surface area contributed by atoms with E-state index in [0.717, 1.165) is 25.7 Å². The molecule has 0 amide bonds. The van der Waals surface area contributed by atoms with Gasteiger partial charge in [0.1, 0.15) is 0 Å². The number of anilines is 1. The number of carbonyl (C=O) groups excluding carboxylic acids is 1. The fourth-order valence-corrected chi connectivity index (χ4v) is 3.46. The molecule has 2 rings (SSSR count). The van der Waals surface area contributed by atoms with Crippen molar-refractivity contribution in [2.75, 3.05) is 24.7 Å². The van der Waals surface area contributed by atoms with Crippen molar-refractivity contribution in [2.24, 2.45) is 0 Å². The minimum Gasteiger partial charge on any atom is -0.465 e. The lowest BCUT2D eigenvalue weighted by molar-refractivity contribution is 0.0594. The van der Waals surface area contributed by atoms with Crippen LogP contribution in [0, 0.1) is 11.6 Å². The summed E-state index contributed by atoms with van der Waals surface area (Å²) in [4.78, 5) is 11.3. The maximum atomic E-state index is 13.9. The van der Waals surface area contributed by atoms with Crippen LogP contribution in [0.25, 0.3) is 0 Å². The Kier molecular flexibility index (Phi) is 4.52. The number of hydrogen-bond acceptors (Lipinski definition) is 4. The van der Waals surface area contributed by atoms with Gasteiger partial charge in [0.15, 0.2) is 11.6 Å². The number of methoxy groups -OCH3 is 1. The summed E-state index contributed by atoms with van der Waals surface area (Å²) in [6.45, 7) is 2.67. The van der Waals surface area contributed by atoms with Gasteiger partial charge in [0.05, 0.1) is 18.4 Å². The zero-order valence-corrected chi connectivity index (χ0v) is 12.3. The Bertz CT molecular complexity index is 516. The Morgan fingerprint density at radius 3 is 2.80 bits per heavy atom. The first-order chi connectivity index (χ1) is 9.47. The molecule has 0 bridgehead atoms. The second-order valence-corrected chi connectivity index (χ2v) is 6.72. The van der Waals surface area contributed by atoms with E-state index in [0.29, 0.717) is 6.54 Å². The maximum absolute atomic E-state index is 13.9. The molecule has 1 aromatic rings. The van der Waals surface area contributed by atoms with Gasteiger partial charge in [-0.3, -0.25) is 0 Å². The van der Waals surface area contributed by atoms with Gasteiger partial charge in [-0.2, -0.15) is 11.8 Å². The fourth-order valence-electron chi connectivity index (χ4n) is 2.21. The van der Waals surface area contributed by atoms with E-state index in [1.807, 2.05) is 11.8 Å². The molecule has 1 saturated heterocycles. The average molecular weight is 301 g/mol. The number of ether oxygens (including phenoxy) is 1. The number of halogens is 2. The van der Waals surface area contributed by atoms with E-state index in [9.17, 15) is 13.6 Å². The van der Waals surface area contributed by atoms with E-state index in [-0.39, 0.29) is 10.4 Å². The summed E-state index contributed by atoms with van der Waals surface area (Å²) in [6, 6.07) is 2.60. The summed E-state index contributed by atoms with van der Waals surface area (Å²) >= 11 is 1.83. The number of nitrogens with one attached hydrogen (secondary N) is 1. The molecular weight excluding hydrogens is 284 g/mol. The van der Waals surface area contributed by atoms with Crippen molar-refractivity contribution in [3.63, 3.8) is 0 Å². The van der Waals surface area contributed by atoms with Crippen molar-refractivity contribution < 1.29 is 18.3 Å². The highest BCUT2D eigenvalue weighted by Gasteiger charge is 2.29. The molecule has 110 valence electrons. The Morgan fingerprint density at radius 2 is 2.20 bits per heavy atom. The van der Waals surface area contributed by atoms with Gasteiger partial charge in [0.2, 0.25) is 0 Å². The van der Waals surface area contributed by atoms with Crippen molar-refractivity contribution in [1.29, 1.82) is 0 Å². The molecule has 0 aromatic heterocycles. The van der Waals surface area contributed by atoms with E-state index < -0.39 is 23.2 Å². The third kappa shape index (κ3) is 3.06. The van der Waals surface area contributed by atoms with Gasteiger partial charge in [0, 0.05) is 11.3 Å². The molecule has 1 heterocycles. The second-order valence-electron chi connectivity index (χ2n) is 5.04. The maximum Gasteiger partial charge on any atom is 0.340 e. The second kappa shape index (κ2) is 5.99. The van der Waals surface area contributed by atoms with Crippen LogP contribution in [0.3, 0.4) is 0 Å². The van der Waals surface area contributed by atoms with Crippen LogP contribution in [0.5, 0.6) is 0 Å². The number of esters is 1. The van der Waals surface area contributed by atoms with Crippen molar-refractivity contribution in [3.8, 4) is 0 Å². The van der Waals surface area contributed by atoms with Crippen molar-refractivity contribution in [1.82, 2.24) is 0 Å². The normalized spacial score (nSPS) is 21.8. The van der Waals surface area contributed by atoms with Gasteiger partial charge in [-0.1, -0.05) is 0 Å². The van der Waals surface area contributed by atoms with Crippen LogP contribution in [0.1, 0.15) is 30.1 Å². The highest BCUT2D eigenvalue weighted by molar-refractivity contribution is 8.00. The molecule has 0 saturated carbocycles. The molecule has 1 aromatic carbocycles. The monoisotopic (exact) mass is 301 g/mol. The molecule has 1 atom stereocenters. The number of carbonyl (C=O) groups is 1. The van der Waals surface area contributed by atoms with Crippen LogP contribution >= 0.6 is 11.8 Å². The molecule has 1 unspecified atom stereocenters. The lowest BCUT2D eigenvalue weighted by Gasteiger charge is -2.23. The summed E-state index contributed by atoms with van der Waals surface area (Å²) in [7, 11) is 1.13. The minimum absolute atomic E-state index is 0.0456. The third-order valence-corrected chi connectivity index (χ3v) is 4.98. The topological polar surface area (TPSA) is 38.3 Å². The molecule has 1 aliphatic heterocycles. The first-order valence-electron chi connectivity index (χ1n) is 6.41. The van der Waals surface area contributed by atoms with Crippen LogP contribution in [0.4, 0.5) is 14.5 Å². The standard InChI is InChI=1S/C14H17F2NO2S/c1-14(6-3-7-20-14)8-17-10-5-4-9(13(18)19-2)11(15)12(10)16/h4-5,17H,3,6-8H2,1-2H3. The van der Waals surface area contributed by atoms with Crippen LogP contribution in [0.2, 0.25) is 0 Å². The molecule has 6 heteroatoms. The fraction of sp³-hybridized carbons (Fsp3) is 0.500. The first kappa shape index (κ1) is 15.1. The molecule has 0 aliphatic carbocycles. The zero-order valence-electron chi connectivity index (χ0n) is 11.5. The zero-order chi connectivity index (χ0) is 14.8. The van der Waals surface area contributed by atoms with Gasteiger partial charge in [0.25, 0.3) is 0 Å². The molecule has 20 heavy (non-hydrogen) atoms. The first-order valence-corrected chi connectivity index (χ1v) is 7.39. The van der Waals surface area contributed by atoms with Gasteiger partial charge in [-0.15, -0.1) is 0 Å². The van der Waals surface area contributed by atoms with Crippen LogP contribution in [-0.4, -0.2) is 30.1 Å². The van der Waals surface area contributed by atoms with Crippen LogP contribution in [0.15, 0.2) is 12.1 Å². The molecule has 0 spiro atoms. The lowest BCUT2D eigenvalue weighted by Crippen LogP contribution is -2.27. The van der Waals surface area contributed by atoms with Gasteiger partial charge in [-0.25, -0.2) is 13.6 Å². The Balaban J connectivity index is 2.13. The Morgan fingerprint density at radius 1 is 1.45 bits per heavy atom. The Labute approximate surface area is 121 Å². The van der Waals surface area contributed by atoms with Gasteiger partial charge >= 0.3 is 5.97 Å². The van der Waals surface area contributed by atoms with Crippen molar-refractivity contribution in [2.45, 2.75) is 24.5 Å². The molecule has 1 N–H and O–H groups in total. The van der Waals surface area contributed by atoms with E-state index in [1.54, 1.807) is 0 Å². The summed E-state index contributed by atoms with van der Waals surface area (Å²) in [5.74, 6) is -2.01. The molecular formula is C14H17F2NO2S. The lowest BCUT2D eigenvalue weighted by atomic mass is 10.1. The third-order valence-electron chi connectivity index (χ3n) is 3.44. The van der Waals surface area contributed by atoms with Gasteiger partial charge in [-0.05, 0) is 37.7 Å². The van der Waals surface area contributed by atoms with E-state index in [1.165, 1.54) is 12.1 Å². The van der Waals surface area contributed by atoms with Crippen LogP contribution in [-0.2, 0) is 4.74 Å².